The van der Waals surface area contributed by atoms with Crippen molar-refractivity contribution in [3.8, 4) is 0 Å². The zero-order valence-electron chi connectivity index (χ0n) is 3.31. The highest BCUT2D eigenvalue weighted by atomic mass is 16.1. The molecule has 0 bridgehead atoms. The highest BCUT2D eigenvalue weighted by Gasteiger charge is 3.17. The number of hydrogen-bond donors (Lipinski definition) is 0. The van der Waals surface area contributed by atoms with Crippen LogP contribution in [0.5, 0.6) is 0 Å². The molecule has 2 nitrogen and oxygen atoms in total. The fraction of sp³-hybridized carbons (Fsp3) is 1.00. The van der Waals surface area contributed by atoms with Crippen LogP contribution in [0.3, 0.4) is 0 Å². The third kappa shape index (κ3) is 0.0274. The molecule has 0 amide bonds. The molecule has 2 heteroatoms. The van der Waals surface area contributed by atoms with Gasteiger partial charge < -0.3 is 0 Å². The molecule has 0 radical (unpaired) electrons. The van der Waals surface area contributed by atoms with Gasteiger partial charge in [-0.25, -0.2) is 0 Å². The van der Waals surface area contributed by atoms with Gasteiger partial charge in [-0.2, -0.15) is 0 Å². The lowest BCUT2D eigenvalue weighted by molar-refractivity contribution is 0.520. The third-order valence-electron chi connectivity index (χ3n) is 2.88. The molecule has 0 unspecified atom stereocenters. The Morgan fingerprint density at radius 1 is 1.00 bits per heavy atom. The smallest absolute Gasteiger partial charge is 0.124 e. The fourth-order valence-corrected chi connectivity index (χ4v) is 2.11. The lowest BCUT2D eigenvalue weighted by Crippen LogP contribution is -2.02. The Labute approximate surface area is 35.3 Å². The van der Waals surface area contributed by atoms with E-state index in [1.54, 1.807) is 0 Å². The maximum atomic E-state index is 2.56. The zero-order chi connectivity index (χ0) is 3.57. The summed E-state index contributed by atoms with van der Waals surface area (Å²) in [5.74, 6) is 0. The van der Waals surface area contributed by atoms with Crippen LogP contribution in [-0.4, -0.2) is 34.2 Å². The minimum absolute atomic E-state index is 0.785. The van der Waals surface area contributed by atoms with Crippen LogP contribution >= 0.6 is 0 Å². The zero-order valence-corrected chi connectivity index (χ0v) is 3.31. The molecule has 4 rings (SSSR count). The Morgan fingerprint density at radius 2 is 1.50 bits per heavy atom. The normalized spacial score (nSPS) is 108. The molecule has 4 aliphatic rings. The van der Waals surface area contributed by atoms with Crippen molar-refractivity contribution in [3.05, 3.63) is 0 Å². The summed E-state index contributed by atoms with van der Waals surface area (Å²) in [7, 11) is 0. The van der Waals surface area contributed by atoms with Gasteiger partial charge in [-0.05, 0) is 0 Å². The number of hydrogen-bond acceptors (Lipinski definition) is 2. The van der Waals surface area contributed by atoms with Gasteiger partial charge in [0, 0.05) is 13.1 Å². The van der Waals surface area contributed by atoms with Gasteiger partial charge in [0.05, 0.1) is 0 Å². The first-order valence-corrected chi connectivity index (χ1v) is 2.48. The quantitative estimate of drug-likeness (QED) is 0.345. The molecule has 2 spiro atoms. The molecule has 0 saturated carbocycles. The highest BCUT2D eigenvalue weighted by Crippen LogP contribution is 2.94. The van der Waals surface area contributed by atoms with Crippen molar-refractivity contribution < 1.29 is 0 Å². The summed E-state index contributed by atoms with van der Waals surface area (Å²) >= 11 is 0. The van der Waals surface area contributed by atoms with E-state index < -0.39 is 0 Å². The Hall–Kier alpha value is -0.0800. The number of piperazine rings is 1. The molecule has 4 saturated heterocycles. The number of rotatable bonds is 0. The summed E-state index contributed by atoms with van der Waals surface area (Å²) in [6.45, 7) is 2.82. The van der Waals surface area contributed by atoms with Crippen molar-refractivity contribution in [1.29, 1.82) is 0 Å². The molecule has 0 aromatic rings. The molecule has 4 aliphatic heterocycles. The van der Waals surface area contributed by atoms with Crippen LogP contribution in [0.1, 0.15) is 0 Å². The van der Waals surface area contributed by atoms with Crippen LogP contribution in [0.15, 0.2) is 0 Å². The van der Waals surface area contributed by atoms with Crippen molar-refractivity contribution in [2.24, 2.45) is 0 Å². The second-order valence-electron chi connectivity index (χ2n) is 2.81. The van der Waals surface area contributed by atoms with Gasteiger partial charge in [0.1, 0.15) is 11.3 Å². The molecule has 30 valence electrons. The number of nitrogens with zero attached hydrogens (tertiary/aromatic N) is 2. The summed E-state index contributed by atoms with van der Waals surface area (Å²) in [5, 5.41) is 0. The van der Waals surface area contributed by atoms with Gasteiger partial charge in [-0.3, -0.25) is 9.80 Å². The van der Waals surface area contributed by atoms with Crippen molar-refractivity contribution >= 4 is 0 Å². The van der Waals surface area contributed by atoms with Crippen molar-refractivity contribution in [1.82, 2.24) is 9.80 Å². The van der Waals surface area contributed by atoms with Crippen LogP contribution in [0.25, 0.3) is 0 Å². The summed E-state index contributed by atoms with van der Waals surface area (Å²) in [6, 6.07) is 0. The van der Waals surface area contributed by atoms with Crippen LogP contribution in [-0.2, 0) is 0 Å². The first-order valence-electron chi connectivity index (χ1n) is 2.48. The maximum absolute atomic E-state index is 2.56. The Balaban J connectivity index is 2.35. The molecule has 4 fully saturated rings. The van der Waals surface area contributed by atoms with E-state index in [-0.39, 0.29) is 0 Å². The summed E-state index contributed by atoms with van der Waals surface area (Å²) in [5.41, 5.74) is 1.57. The van der Waals surface area contributed by atoms with Gasteiger partial charge in [0.25, 0.3) is 0 Å². The fourth-order valence-electron chi connectivity index (χ4n) is 2.11. The second kappa shape index (κ2) is 0.191. The standard InChI is InChI=1S/C4H4N2/c1-3-4(5(1)3)2-6(3)4/h1-2H2. The van der Waals surface area contributed by atoms with Crippen molar-refractivity contribution in [3.63, 3.8) is 0 Å². The van der Waals surface area contributed by atoms with Gasteiger partial charge >= 0.3 is 0 Å². The van der Waals surface area contributed by atoms with E-state index in [0.29, 0.717) is 0 Å². The second-order valence-corrected chi connectivity index (χ2v) is 2.81. The van der Waals surface area contributed by atoms with E-state index >= 15 is 0 Å². The predicted molar refractivity (Wildman–Crippen MR) is 18.9 cm³/mol. The van der Waals surface area contributed by atoms with Crippen LogP contribution in [0.4, 0.5) is 0 Å². The molecule has 6 heavy (non-hydrogen) atoms. The highest BCUT2D eigenvalue weighted by molar-refractivity contribution is 5.66. The largest absolute Gasteiger partial charge is 0.255 e. The van der Waals surface area contributed by atoms with E-state index in [9.17, 15) is 0 Å². The average Bonchev–Trinajstić information content (AvgIpc) is 2.32. The molecular formula is C4H4N2. The summed E-state index contributed by atoms with van der Waals surface area (Å²) in [6.07, 6.45) is 0. The third-order valence-corrected chi connectivity index (χ3v) is 2.88. The Kier molecular flexibility index (Phi) is 0.0572. The molecule has 0 aromatic heterocycles. The molecule has 0 aromatic carbocycles. The maximum Gasteiger partial charge on any atom is 0.124 e. The van der Waals surface area contributed by atoms with Gasteiger partial charge in [-0.15, -0.1) is 0 Å². The molecular weight excluding hydrogens is 76.1 g/mol. The van der Waals surface area contributed by atoms with E-state index in [1.807, 2.05) is 0 Å². The van der Waals surface area contributed by atoms with Gasteiger partial charge in [-0.1, -0.05) is 0 Å². The summed E-state index contributed by atoms with van der Waals surface area (Å²) in [4.78, 5) is 5.11. The topological polar surface area (TPSA) is 6.02 Å². The average molecular weight is 80.1 g/mol. The predicted octanol–water partition coefficient (Wildman–Crippen LogP) is -0.963. The van der Waals surface area contributed by atoms with Crippen LogP contribution in [0.2, 0.25) is 0 Å². The first-order chi connectivity index (χ1) is 2.93. The van der Waals surface area contributed by atoms with E-state index in [0.717, 1.165) is 11.3 Å². The van der Waals surface area contributed by atoms with Gasteiger partial charge in [0.2, 0.25) is 0 Å². The van der Waals surface area contributed by atoms with E-state index in [1.165, 1.54) is 13.1 Å². The SMILES string of the molecule is C1N2C13N1CC213. The lowest BCUT2D eigenvalue weighted by Gasteiger charge is -1.76. The van der Waals surface area contributed by atoms with E-state index in [2.05, 4.69) is 9.80 Å². The lowest BCUT2D eigenvalue weighted by atomic mass is 10.3. The molecule has 0 N–H and O–H groups in total. The summed E-state index contributed by atoms with van der Waals surface area (Å²) < 4.78 is 0. The minimum atomic E-state index is 0.785. The Morgan fingerprint density at radius 3 is 1.50 bits per heavy atom. The van der Waals surface area contributed by atoms with Crippen LogP contribution in [0, 0.1) is 0 Å². The minimum Gasteiger partial charge on any atom is -0.255 e. The van der Waals surface area contributed by atoms with E-state index in [4.69, 9.17) is 0 Å². The van der Waals surface area contributed by atoms with Crippen LogP contribution < -0.4 is 0 Å². The first kappa shape index (κ1) is 1.80. The monoisotopic (exact) mass is 80.0 g/mol. The van der Waals surface area contributed by atoms with Gasteiger partial charge in [0.15, 0.2) is 0 Å². The Bertz CT molecular complexity index is 146. The van der Waals surface area contributed by atoms with Crippen molar-refractivity contribution in [2.75, 3.05) is 13.1 Å². The molecule has 0 aliphatic carbocycles. The molecule has 0 atom stereocenters. The molecule has 4 heterocycles. The van der Waals surface area contributed by atoms with Crippen molar-refractivity contribution in [2.45, 2.75) is 11.3 Å².